The third kappa shape index (κ3) is 3.04. The summed E-state index contributed by atoms with van der Waals surface area (Å²) in [5.74, 6) is 0.511. The zero-order valence-electron chi connectivity index (χ0n) is 10.3. The number of hydrogen-bond donors (Lipinski definition) is 0. The third-order valence-corrected chi connectivity index (χ3v) is 2.50. The number of nitrogens with zero attached hydrogens (tertiary/aromatic N) is 2. The molecule has 0 N–H and O–H groups in total. The largest absolute Gasteiger partial charge is 0.573 e. The van der Waals surface area contributed by atoms with E-state index in [0.717, 1.165) is 0 Å². The Labute approximate surface area is 115 Å². The summed E-state index contributed by atoms with van der Waals surface area (Å²) in [6, 6.07) is 8.47. The predicted molar refractivity (Wildman–Crippen MR) is 64.1 cm³/mol. The maximum absolute atomic E-state index is 12.1. The first-order valence-electron chi connectivity index (χ1n) is 5.75. The molecular weight excluding hydrogens is 289 g/mol. The van der Waals surface area contributed by atoms with Crippen molar-refractivity contribution >= 4 is 0 Å². The number of hydrogen-bond acceptors (Lipinski definition) is 5. The molecule has 0 fully saturated rings. The average Bonchev–Trinajstić information content (AvgIpc) is 3.09. The minimum Gasteiger partial charge on any atom is -0.459 e. The van der Waals surface area contributed by atoms with Gasteiger partial charge in [-0.05, 0) is 36.4 Å². The number of ether oxygens (including phenoxy) is 1. The molecule has 0 amide bonds. The quantitative estimate of drug-likeness (QED) is 0.733. The fourth-order valence-corrected chi connectivity index (χ4v) is 1.65. The van der Waals surface area contributed by atoms with Crippen LogP contribution >= 0.6 is 0 Å². The minimum atomic E-state index is -4.72. The van der Waals surface area contributed by atoms with Gasteiger partial charge in [0, 0.05) is 5.56 Å². The molecule has 0 aliphatic rings. The summed E-state index contributed by atoms with van der Waals surface area (Å²) in [5.41, 5.74) is 0.492. The molecule has 0 saturated heterocycles. The first kappa shape index (κ1) is 13.2. The summed E-state index contributed by atoms with van der Waals surface area (Å²) >= 11 is 0. The summed E-state index contributed by atoms with van der Waals surface area (Å²) in [7, 11) is 0. The molecule has 0 aliphatic carbocycles. The van der Waals surface area contributed by atoms with E-state index in [1.165, 1.54) is 30.5 Å². The van der Waals surface area contributed by atoms with Crippen molar-refractivity contribution < 1.29 is 26.8 Å². The lowest BCUT2D eigenvalue weighted by atomic mass is 10.2. The van der Waals surface area contributed by atoms with Crippen molar-refractivity contribution in [3.05, 3.63) is 42.7 Å². The molecule has 0 aliphatic heterocycles. The molecule has 2 aromatic heterocycles. The molecular formula is C13H7F3N2O3. The van der Waals surface area contributed by atoms with Crippen LogP contribution in [0.4, 0.5) is 13.2 Å². The van der Waals surface area contributed by atoms with Crippen LogP contribution in [0.5, 0.6) is 5.75 Å². The minimum absolute atomic E-state index is 0.186. The number of aromatic nitrogens is 2. The number of furan rings is 1. The SMILES string of the molecule is FC(F)(F)Oc1ccc(-c2noc(-c3ccco3)n2)cc1. The highest BCUT2D eigenvalue weighted by molar-refractivity contribution is 5.58. The topological polar surface area (TPSA) is 61.3 Å². The van der Waals surface area contributed by atoms with E-state index in [1.807, 2.05) is 0 Å². The number of halogens is 3. The molecule has 108 valence electrons. The smallest absolute Gasteiger partial charge is 0.459 e. The predicted octanol–water partition coefficient (Wildman–Crippen LogP) is 3.90. The van der Waals surface area contributed by atoms with Crippen LogP contribution < -0.4 is 4.74 Å². The molecule has 3 aromatic rings. The van der Waals surface area contributed by atoms with Gasteiger partial charge in [0.25, 0.3) is 5.89 Å². The Bertz CT molecular complexity index is 718. The first-order valence-corrected chi connectivity index (χ1v) is 5.75. The first-order chi connectivity index (χ1) is 10.0. The van der Waals surface area contributed by atoms with E-state index in [4.69, 9.17) is 8.94 Å². The van der Waals surface area contributed by atoms with Gasteiger partial charge < -0.3 is 13.7 Å². The monoisotopic (exact) mass is 296 g/mol. The molecule has 5 nitrogen and oxygen atoms in total. The molecule has 1 aromatic carbocycles. The van der Waals surface area contributed by atoms with Crippen LogP contribution in [0.3, 0.4) is 0 Å². The van der Waals surface area contributed by atoms with Crippen LogP contribution in [0.25, 0.3) is 23.0 Å². The summed E-state index contributed by atoms with van der Waals surface area (Å²) in [5, 5.41) is 3.74. The van der Waals surface area contributed by atoms with E-state index >= 15 is 0 Å². The van der Waals surface area contributed by atoms with Crippen LogP contribution in [0.15, 0.2) is 51.6 Å². The molecule has 0 spiro atoms. The van der Waals surface area contributed by atoms with Gasteiger partial charge in [0.05, 0.1) is 6.26 Å². The zero-order valence-corrected chi connectivity index (χ0v) is 10.3. The van der Waals surface area contributed by atoms with Gasteiger partial charge >= 0.3 is 6.36 Å². The molecule has 8 heteroatoms. The lowest BCUT2D eigenvalue weighted by molar-refractivity contribution is -0.274. The highest BCUT2D eigenvalue weighted by atomic mass is 19.4. The van der Waals surface area contributed by atoms with Crippen LogP contribution in [0.2, 0.25) is 0 Å². The summed E-state index contributed by atoms with van der Waals surface area (Å²) in [6.45, 7) is 0. The molecule has 21 heavy (non-hydrogen) atoms. The van der Waals surface area contributed by atoms with E-state index < -0.39 is 6.36 Å². The van der Waals surface area contributed by atoms with Gasteiger partial charge in [-0.25, -0.2) is 0 Å². The van der Waals surface area contributed by atoms with Gasteiger partial charge in [-0.1, -0.05) is 5.16 Å². The number of rotatable bonds is 3. The van der Waals surface area contributed by atoms with Crippen molar-refractivity contribution in [1.82, 2.24) is 10.1 Å². The molecule has 0 radical (unpaired) electrons. The van der Waals surface area contributed by atoms with E-state index in [-0.39, 0.29) is 17.5 Å². The molecule has 0 atom stereocenters. The summed E-state index contributed by atoms with van der Waals surface area (Å²) in [4.78, 5) is 4.09. The van der Waals surface area contributed by atoms with Crippen LogP contribution in [-0.4, -0.2) is 16.5 Å². The van der Waals surface area contributed by atoms with Crippen molar-refractivity contribution in [3.8, 4) is 28.8 Å². The summed E-state index contributed by atoms with van der Waals surface area (Å²) in [6.07, 6.45) is -3.26. The Morgan fingerprint density at radius 2 is 1.81 bits per heavy atom. The fraction of sp³-hybridized carbons (Fsp3) is 0.0769. The summed E-state index contributed by atoms with van der Waals surface area (Å²) < 4.78 is 50.0. The van der Waals surface area contributed by atoms with E-state index in [1.54, 1.807) is 12.1 Å². The van der Waals surface area contributed by atoms with Gasteiger partial charge in [-0.15, -0.1) is 13.2 Å². The van der Waals surface area contributed by atoms with Crippen molar-refractivity contribution in [2.75, 3.05) is 0 Å². The Morgan fingerprint density at radius 1 is 1.05 bits per heavy atom. The van der Waals surface area contributed by atoms with E-state index in [9.17, 15) is 13.2 Å². The Morgan fingerprint density at radius 3 is 2.43 bits per heavy atom. The van der Waals surface area contributed by atoms with Gasteiger partial charge in [0.2, 0.25) is 5.82 Å². The Kier molecular flexibility index (Phi) is 3.13. The van der Waals surface area contributed by atoms with Crippen LogP contribution in [-0.2, 0) is 0 Å². The normalized spacial score (nSPS) is 11.6. The maximum Gasteiger partial charge on any atom is 0.573 e. The standard InChI is InChI=1S/C13H7F3N2O3/c14-13(15,16)20-9-5-3-8(4-6-9)11-17-12(21-18-11)10-2-1-7-19-10/h1-7H. The zero-order chi connectivity index (χ0) is 14.9. The van der Waals surface area contributed by atoms with Crippen molar-refractivity contribution in [1.29, 1.82) is 0 Å². The molecule has 2 heterocycles. The fourth-order valence-electron chi connectivity index (χ4n) is 1.65. The maximum atomic E-state index is 12.1. The second kappa shape index (κ2) is 4.97. The Balaban J connectivity index is 1.81. The van der Waals surface area contributed by atoms with Crippen molar-refractivity contribution in [2.45, 2.75) is 6.36 Å². The second-order valence-electron chi connectivity index (χ2n) is 3.97. The number of benzene rings is 1. The van der Waals surface area contributed by atoms with Crippen molar-refractivity contribution in [3.63, 3.8) is 0 Å². The second-order valence-corrected chi connectivity index (χ2v) is 3.97. The molecule has 0 saturated carbocycles. The van der Waals surface area contributed by atoms with Gasteiger partial charge in [0.1, 0.15) is 5.75 Å². The lowest BCUT2D eigenvalue weighted by Crippen LogP contribution is -2.16. The third-order valence-electron chi connectivity index (χ3n) is 2.50. The highest BCUT2D eigenvalue weighted by Crippen LogP contribution is 2.26. The Hall–Kier alpha value is -2.77. The molecule has 3 rings (SSSR count). The lowest BCUT2D eigenvalue weighted by Gasteiger charge is -2.08. The highest BCUT2D eigenvalue weighted by Gasteiger charge is 2.31. The van der Waals surface area contributed by atoms with Gasteiger partial charge in [-0.2, -0.15) is 4.98 Å². The van der Waals surface area contributed by atoms with Crippen LogP contribution in [0, 0.1) is 0 Å². The number of alkyl halides is 3. The average molecular weight is 296 g/mol. The van der Waals surface area contributed by atoms with Crippen LogP contribution in [0.1, 0.15) is 0 Å². The molecule has 0 bridgehead atoms. The van der Waals surface area contributed by atoms with Gasteiger partial charge in [0.15, 0.2) is 5.76 Å². The van der Waals surface area contributed by atoms with Crippen molar-refractivity contribution in [2.24, 2.45) is 0 Å². The van der Waals surface area contributed by atoms with E-state index in [2.05, 4.69) is 14.9 Å². The molecule has 0 unspecified atom stereocenters. The van der Waals surface area contributed by atoms with Gasteiger partial charge in [-0.3, -0.25) is 0 Å². The van der Waals surface area contributed by atoms with E-state index in [0.29, 0.717) is 11.3 Å².